The van der Waals surface area contributed by atoms with Gasteiger partial charge in [-0.25, -0.2) is 4.39 Å². The molecule has 60 valence electrons. The van der Waals surface area contributed by atoms with Crippen LogP contribution in [0.4, 0.5) is 4.39 Å². The molecular weight excluding hydrogens is 133 g/mol. The monoisotopic (exact) mass is 147 g/mol. The van der Waals surface area contributed by atoms with Gasteiger partial charge < -0.3 is 4.74 Å². The lowest BCUT2D eigenvalue weighted by Crippen LogP contribution is -2.35. The number of methoxy groups -OCH3 is 1. The zero-order valence-corrected chi connectivity index (χ0v) is 6.48. The molecule has 0 amide bonds. The van der Waals surface area contributed by atoms with E-state index >= 15 is 0 Å². The van der Waals surface area contributed by atoms with Crippen LogP contribution < -0.4 is 5.32 Å². The number of halogens is 1. The molecule has 10 heavy (non-hydrogen) atoms. The molecule has 3 heteroatoms. The van der Waals surface area contributed by atoms with Crippen LogP contribution in [-0.4, -0.2) is 26.1 Å². The highest BCUT2D eigenvalue weighted by Gasteiger charge is 2.37. The number of hydrogen-bond acceptors (Lipinski definition) is 2. The molecule has 0 heterocycles. The van der Waals surface area contributed by atoms with Gasteiger partial charge in [-0.15, -0.1) is 0 Å². The smallest absolute Gasteiger partial charge is 0.164 e. The summed E-state index contributed by atoms with van der Waals surface area (Å²) in [5.74, 6) is -1.17. The molecule has 0 spiro atoms. The number of rotatable bonds is 2. The van der Waals surface area contributed by atoms with Crippen molar-refractivity contribution >= 4 is 0 Å². The van der Waals surface area contributed by atoms with E-state index in [-0.39, 0.29) is 6.10 Å². The Kier molecular flexibility index (Phi) is 2.26. The molecule has 1 rings (SSSR count). The summed E-state index contributed by atoms with van der Waals surface area (Å²) >= 11 is 0. The first-order valence-electron chi connectivity index (χ1n) is 3.61. The second kappa shape index (κ2) is 2.84. The largest absolute Gasteiger partial charge is 0.381 e. The Morgan fingerprint density at radius 1 is 1.70 bits per heavy atom. The Labute approximate surface area is 60.8 Å². The van der Waals surface area contributed by atoms with Crippen LogP contribution in [0.15, 0.2) is 0 Å². The van der Waals surface area contributed by atoms with Crippen molar-refractivity contribution < 1.29 is 9.13 Å². The maximum atomic E-state index is 13.3. The number of alkyl halides is 1. The van der Waals surface area contributed by atoms with Crippen molar-refractivity contribution in [3.63, 3.8) is 0 Å². The topological polar surface area (TPSA) is 21.3 Å². The summed E-state index contributed by atoms with van der Waals surface area (Å²) in [6.07, 6.45) is 1.99. The molecule has 0 aromatic rings. The van der Waals surface area contributed by atoms with Crippen molar-refractivity contribution in [1.82, 2.24) is 5.32 Å². The Morgan fingerprint density at radius 3 is 2.70 bits per heavy atom. The molecule has 0 bridgehead atoms. The average molecular weight is 147 g/mol. The standard InChI is InChI=1S/C7H14FNO/c1-9-7(8)4-3-6(5-7)10-2/h6,9H,3-5H2,1-2H3. The van der Waals surface area contributed by atoms with Crippen molar-refractivity contribution in [1.29, 1.82) is 0 Å². The van der Waals surface area contributed by atoms with E-state index in [9.17, 15) is 4.39 Å². The van der Waals surface area contributed by atoms with Crippen LogP contribution in [0.3, 0.4) is 0 Å². The lowest BCUT2D eigenvalue weighted by atomic mass is 10.2. The van der Waals surface area contributed by atoms with Crippen LogP contribution in [0.25, 0.3) is 0 Å². The van der Waals surface area contributed by atoms with Gasteiger partial charge in [0, 0.05) is 13.5 Å². The molecular formula is C7H14FNO. The Morgan fingerprint density at radius 2 is 2.40 bits per heavy atom. The highest BCUT2D eigenvalue weighted by molar-refractivity contribution is 4.86. The maximum absolute atomic E-state index is 13.3. The van der Waals surface area contributed by atoms with E-state index < -0.39 is 5.79 Å². The van der Waals surface area contributed by atoms with E-state index in [1.54, 1.807) is 14.2 Å². The third-order valence-electron chi connectivity index (χ3n) is 2.20. The molecule has 0 aliphatic heterocycles. The summed E-state index contributed by atoms with van der Waals surface area (Å²) in [5, 5.41) is 2.66. The van der Waals surface area contributed by atoms with Gasteiger partial charge in [0.1, 0.15) is 0 Å². The summed E-state index contributed by atoms with van der Waals surface area (Å²) < 4.78 is 18.3. The molecule has 0 radical (unpaired) electrons. The van der Waals surface area contributed by atoms with Crippen LogP contribution in [0.5, 0.6) is 0 Å². The summed E-state index contributed by atoms with van der Waals surface area (Å²) in [6.45, 7) is 0. The Bertz CT molecular complexity index is 120. The van der Waals surface area contributed by atoms with Gasteiger partial charge in [-0.05, 0) is 19.9 Å². The van der Waals surface area contributed by atoms with Crippen molar-refractivity contribution in [2.24, 2.45) is 0 Å². The molecule has 1 fully saturated rings. The first kappa shape index (κ1) is 7.95. The third-order valence-corrected chi connectivity index (χ3v) is 2.20. The lowest BCUT2D eigenvalue weighted by Gasteiger charge is -2.17. The fourth-order valence-electron chi connectivity index (χ4n) is 1.38. The van der Waals surface area contributed by atoms with E-state index in [2.05, 4.69) is 5.32 Å². The second-order valence-electron chi connectivity index (χ2n) is 2.82. The van der Waals surface area contributed by atoms with Gasteiger partial charge in [0.2, 0.25) is 0 Å². The fraction of sp³-hybridized carbons (Fsp3) is 1.00. The molecule has 0 aromatic heterocycles. The number of ether oxygens (including phenoxy) is 1. The maximum Gasteiger partial charge on any atom is 0.164 e. The third kappa shape index (κ3) is 1.47. The molecule has 1 saturated carbocycles. The highest BCUT2D eigenvalue weighted by atomic mass is 19.1. The molecule has 0 aromatic carbocycles. The molecule has 2 nitrogen and oxygen atoms in total. The SMILES string of the molecule is CNC1(F)CCC(OC)C1. The summed E-state index contributed by atoms with van der Waals surface area (Å²) in [6, 6.07) is 0. The quantitative estimate of drug-likeness (QED) is 0.590. The van der Waals surface area contributed by atoms with Crippen molar-refractivity contribution in [3.05, 3.63) is 0 Å². The molecule has 2 atom stereocenters. The Hall–Kier alpha value is -0.150. The lowest BCUT2D eigenvalue weighted by molar-refractivity contribution is 0.0708. The van der Waals surface area contributed by atoms with E-state index in [4.69, 9.17) is 4.74 Å². The van der Waals surface area contributed by atoms with Crippen molar-refractivity contribution in [2.45, 2.75) is 31.2 Å². The van der Waals surface area contributed by atoms with Gasteiger partial charge >= 0.3 is 0 Å². The Balaban J connectivity index is 2.41. The zero-order valence-electron chi connectivity index (χ0n) is 6.48. The molecule has 0 saturated heterocycles. The molecule has 1 aliphatic rings. The van der Waals surface area contributed by atoms with E-state index in [0.29, 0.717) is 12.8 Å². The fourth-order valence-corrected chi connectivity index (χ4v) is 1.38. The number of hydrogen-bond donors (Lipinski definition) is 1. The van der Waals surface area contributed by atoms with Crippen molar-refractivity contribution in [2.75, 3.05) is 14.2 Å². The van der Waals surface area contributed by atoms with Gasteiger partial charge in [-0.3, -0.25) is 5.32 Å². The minimum absolute atomic E-state index is 0.109. The minimum Gasteiger partial charge on any atom is -0.381 e. The van der Waals surface area contributed by atoms with Crippen LogP contribution in [0, 0.1) is 0 Å². The second-order valence-corrected chi connectivity index (χ2v) is 2.82. The predicted octanol–water partition coefficient (Wildman–Crippen LogP) is 1.07. The van der Waals surface area contributed by atoms with E-state index in [1.165, 1.54) is 0 Å². The predicted molar refractivity (Wildman–Crippen MR) is 37.5 cm³/mol. The summed E-state index contributed by atoms with van der Waals surface area (Å²) in [4.78, 5) is 0. The highest BCUT2D eigenvalue weighted by Crippen LogP contribution is 2.32. The normalized spacial score (nSPS) is 40.5. The minimum atomic E-state index is -1.17. The summed E-state index contributed by atoms with van der Waals surface area (Å²) in [7, 11) is 3.28. The van der Waals surface area contributed by atoms with Gasteiger partial charge in [0.25, 0.3) is 0 Å². The van der Waals surface area contributed by atoms with Gasteiger partial charge in [0.15, 0.2) is 5.79 Å². The molecule has 1 aliphatic carbocycles. The van der Waals surface area contributed by atoms with Crippen molar-refractivity contribution in [3.8, 4) is 0 Å². The first-order chi connectivity index (χ1) is 4.70. The number of nitrogens with one attached hydrogen (secondary N) is 1. The molecule has 1 N–H and O–H groups in total. The van der Waals surface area contributed by atoms with E-state index in [1.807, 2.05) is 0 Å². The van der Waals surface area contributed by atoms with Gasteiger partial charge in [-0.1, -0.05) is 0 Å². The molecule has 2 unspecified atom stereocenters. The van der Waals surface area contributed by atoms with Crippen LogP contribution in [0.2, 0.25) is 0 Å². The summed E-state index contributed by atoms with van der Waals surface area (Å²) in [5.41, 5.74) is 0. The van der Waals surface area contributed by atoms with E-state index in [0.717, 1.165) is 6.42 Å². The van der Waals surface area contributed by atoms with Crippen LogP contribution in [0.1, 0.15) is 19.3 Å². The van der Waals surface area contributed by atoms with Gasteiger partial charge in [-0.2, -0.15) is 0 Å². The van der Waals surface area contributed by atoms with Gasteiger partial charge in [0.05, 0.1) is 6.10 Å². The first-order valence-corrected chi connectivity index (χ1v) is 3.61. The average Bonchev–Trinajstić information content (AvgIpc) is 2.33. The van der Waals surface area contributed by atoms with Crippen LogP contribution in [-0.2, 0) is 4.74 Å². The van der Waals surface area contributed by atoms with Crippen LogP contribution >= 0.6 is 0 Å². The zero-order chi connectivity index (χ0) is 7.61.